The van der Waals surface area contributed by atoms with E-state index in [1.807, 2.05) is 0 Å². The van der Waals surface area contributed by atoms with Crippen LogP contribution in [0.15, 0.2) is 18.2 Å². The van der Waals surface area contributed by atoms with Gasteiger partial charge in [0, 0.05) is 12.2 Å². The molecule has 0 bridgehead atoms. The van der Waals surface area contributed by atoms with Gasteiger partial charge in [0.1, 0.15) is 5.82 Å². The first-order valence-corrected chi connectivity index (χ1v) is 6.01. The van der Waals surface area contributed by atoms with Crippen LogP contribution in [0, 0.1) is 11.7 Å². The number of carbonyl (C=O) groups is 1. The third-order valence-electron chi connectivity index (χ3n) is 2.85. The van der Waals surface area contributed by atoms with Gasteiger partial charge >= 0.3 is 0 Å². The monoisotopic (exact) mass is 292 g/mol. The second-order valence-electron chi connectivity index (χ2n) is 4.16. The van der Waals surface area contributed by atoms with Crippen molar-refractivity contribution in [1.29, 1.82) is 0 Å². The first kappa shape index (κ1) is 15.2. The topological polar surface area (TPSA) is 41.1 Å². The first-order chi connectivity index (χ1) is 8.16. The molecular formula is C12H15Cl2FN2O. The molecule has 100 valence electrons. The average Bonchev–Trinajstić information content (AvgIpc) is 2.35. The molecule has 1 saturated heterocycles. The first-order valence-electron chi connectivity index (χ1n) is 5.63. The average molecular weight is 293 g/mol. The molecule has 2 N–H and O–H groups in total. The van der Waals surface area contributed by atoms with Crippen molar-refractivity contribution in [3.8, 4) is 0 Å². The third-order valence-corrected chi connectivity index (χ3v) is 3.14. The lowest BCUT2D eigenvalue weighted by molar-refractivity contribution is -0.120. The number of anilines is 1. The Bertz CT molecular complexity index is 423. The van der Waals surface area contributed by atoms with Gasteiger partial charge in [-0.3, -0.25) is 4.79 Å². The van der Waals surface area contributed by atoms with Crippen molar-refractivity contribution >= 4 is 35.6 Å². The van der Waals surface area contributed by atoms with Crippen LogP contribution in [0.2, 0.25) is 5.02 Å². The zero-order valence-electron chi connectivity index (χ0n) is 9.71. The van der Waals surface area contributed by atoms with Gasteiger partial charge in [0.25, 0.3) is 0 Å². The number of amides is 1. The summed E-state index contributed by atoms with van der Waals surface area (Å²) in [5.41, 5.74) is 0.534. The third kappa shape index (κ3) is 3.83. The molecule has 0 spiro atoms. The van der Waals surface area contributed by atoms with E-state index in [4.69, 9.17) is 11.6 Å². The van der Waals surface area contributed by atoms with E-state index >= 15 is 0 Å². The van der Waals surface area contributed by atoms with Gasteiger partial charge in [0.15, 0.2) is 0 Å². The highest BCUT2D eigenvalue weighted by Gasteiger charge is 2.20. The Kier molecular flexibility index (Phi) is 5.85. The molecule has 1 fully saturated rings. The molecule has 0 radical (unpaired) electrons. The Hall–Kier alpha value is -0.840. The molecule has 1 amide bonds. The summed E-state index contributed by atoms with van der Waals surface area (Å²) in [5.74, 6) is -0.545. The number of rotatable bonds is 2. The second kappa shape index (κ2) is 6.92. The van der Waals surface area contributed by atoms with Crippen molar-refractivity contribution < 1.29 is 9.18 Å². The molecule has 1 aromatic rings. The molecule has 1 aliphatic heterocycles. The van der Waals surface area contributed by atoms with Gasteiger partial charge in [0.2, 0.25) is 5.91 Å². The van der Waals surface area contributed by atoms with Crippen LogP contribution in [0.1, 0.15) is 12.8 Å². The summed E-state index contributed by atoms with van der Waals surface area (Å²) in [6.07, 6.45) is 1.88. The van der Waals surface area contributed by atoms with Crippen LogP contribution in [-0.4, -0.2) is 19.0 Å². The van der Waals surface area contributed by atoms with Crippen LogP contribution < -0.4 is 10.6 Å². The van der Waals surface area contributed by atoms with Crippen LogP contribution in [0.3, 0.4) is 0 Å². The molecule has 18 heavy (non-hydrogen) atoms. The highest BCUT2D eigenvalue weighted by molar-refractivity contribution is 6.31. The van der Waals surface area contributed by atoms with Crippen molar-refractivity contribution in [2.24, 2.45) is 5.92 Å². The fraction of sp³-hybridized carbons (Fsp3) is 0.417. The zero-order chi connectivity index (χ0) is 12.3. The highest BCUT2D eigenvalue weighted by atomic mass is 35.5. The Morgan fingerprint density at radius 2 is 2.28 bits per heavy atom. The number of carbonyl (C=O) groups excluding carboxylic acids is 1. The van der Waals surface area contributed by atoms with Gasteiger partial charge in [-0.15, -0.1) is 12.4 Å². The minimum atomic E-state index is -0.482. The molecule has 1 atom stereocenters. The van der Waals surface area contributed by atoms with E-state index in [1.54, 1.807) is 0 Å². The summed E-state index contributed by atoms with van der Waals surface area (Å²) in [6.45, 7) is 1.66. The molecule has 1 aliphatic rings. The number of hydrogen-bond donors (Lipinski definition) is 2. The Morgan fingerprint density at radius 3 is 2.89 bits per heavy atom. The number of hydrogen-bond acceptors (Lipinski definition) is 2. The largest absolute Gasteiger partial charge is 0.326 e. The van der Waals surface area contributed by atoms with Crippen LogP contribution in [0.4, 0.5) is 10.1 Å². The van der Waals surface area contributed by atoms with Crippen LogP contribution in [-0.2, 0) is 4.79 Å². The molecule has 3 nitrogen and oxygen atoms in total. The summed E-state index contributed by atoms with van der Waals surface area (Å²) >= 11 is 5.64. The lowest BCUT2D eigenvalue weighted by Crippen LogP contribution is -2.37. The van der Waals surface area contributed by atoms with Crippen molar-refractivity contribution in [2.75, 3.05) is 18.4 Å². The molecule has 0 aliphatic carbocycles. The summed E-state index contributed by atoms with van der Waals surface area (Å²) in [6, 6.07) is 4.18. The summed E-state index contributed by atoms with van der Waals surface area (Å²) in [5, 5.41) is 5.94. The Morgan fingerprint density at radius 1 is 1.50 bits per heavy atom. The number of nitrogens with one attached hydrogen (secondary N) is 2. The fourth-order valence-corrected chi connectivity index (χ4v) is 2.07. The molecule has 0 aromatic heterocycles. The molecular weight excluding hydrogens is 278 g/mol. The summed E-state index contributed by atoms with van der Waals surface area (Å²) in [4.78, 5) is 11.9. The van der Waals surface area contributed by atoms with Crippen LogP contribution >= 0.6 is 24.0 Å². The van der Waals surface area contributed by atoms with Gasteiger partial charge in [-0.1, -0.05) is 11.6 Å². The van der Waals surface area contributed by atoms with Gasteiger partial charge in [-0.25, -0.2) is 4.39 Å². The SMILES string of the molecule is Cl.O=C(Nc1ccc(F)c(Cl)c1)[C@@H]1CCCNC1. The quantitative estimate of drug-likeness (QED) is 0.880. The van der Waals surface area contributed by atoms with Crippen molar-refractivity contribution in [3.63, 3.8) is 0 Å². The zero-order valence-corrected chi connectivity index (χ0v) is 11.3. The van der Waals surface area contributed by atoms with Gasteiger partial charge in [0.05, 0.1) is 10.9 Å². The van der Waals surface area contributed by atoms with Crippen molar-refractivity contribution in [3.05, 3.63) is 29.0 Å². The van der Waals surface area contributed by atoms with Crippen molar-refractivity contribution in [2.45, 2.75) is 12.8 Å². The van der Waals surface area contributed by atoms with E-state index in [0.29, 0.717) is 12.2 Å². The Balaban J connectivity index is 0.00000162. The highest BCUT2D eigenvalue weighted by Crippen LogP contribution is 2.20. The summed E-state index contributed by atoms with van der Waals surface area (Å²) in [7, 11) is 0. The van der Waals surface area contributed by atoms with E-state index in [0.717, 1.165) is 19.4 Å². The standard InChI is InChI=1S/C12H14ClFN2O.ClH/c13-10-6-9(3-4-11(10)14)16-12(17)8-2-1-5-15-7-8;/h3-4,6,8,15H,1-2,5,7H2,(H,16,17);1H/t8-;/m1./s1. The molecule has 1 heterocycles. The number of benzene rings is 1. The predicted molar refractivity (Wildman–Crippen MR) is 72.9 cm³/mol. The van der Waals surface area contributed by atoms with Crippen LogP contribution in [0.25, 0.3) is 0 Å². The van der Waals surface area contributed by atoms with E-state index < -0.39 is 5.82 Å². The number of halogens is 3. The van der Waals surface area contributed by atoms with Gasteiger partial charge in [-0.05, 0) is 37.6 Å². The second-order valence-corrected chi connectivity index (χ2v) is 4.57. The Labute approximate surface area is 116 Å². The van der Waals surface area contributed by atoms with Crippen LogP contribution in [0.5, 0.6) is 0 Å². The lowest BCUT2D eigenvalue weighted by atomic mass is 9.99. The minimum absolute atomic E-state index is 0. The van der Waals surface area contributed by atoms with Crippen molar-refractivity contribution in [1.82, 2.24) is 5.32 Å². The minimum Gasteiger partial charge on any atom is -0.326 e. The molecule has 0 unspecified atom stereocenters. The normalized spacial score (nSPS) is 18.9. The maximum Gasteiger partial charge on any atom is 0.228 e. The lowest BCUT2D eigenvalue weighted by Gasteiger charge is -2.21. The maximum atomic E-state index is 12.9. The molecule has 1 aromatic carbocycles. The smallest absolute Gasteiger partial charge is 0.228 e. The molecule has 2 rings (SSSR count). The predicted octanol–water partition coefficient (Wildman–Crippen LogP) is 2.84. The van der Waals surface area contributed by atoms with Gasteiger partial charge in [-0.2, -0.15) is 0 Å². The van der Waals surface area contributed by atoms with E-state index in [-0.39, 0.29) is 29.3 Å². The molecule has 6 heteroatoms. The van der Waals surface area contributed by atoms with E-state index in [9.17, 15) is 9.18 Å². The maximum absolute atomic E-state index is 12.9. The fourth-order valence-electron chi connectivity index (χ4n) is 1.89. The van der Waals surface area contributed by atoms with Gasteiger partial charge < -0.3 is 10.6 Å². The van der Waals surface area contributed by atoms with E-state index in [2.05, 4.69) is 10.6 Å². The van der Waals surface area contributed by atoms with E-state index in [1.165, 1.54) is 18.2 Å². The number of piperidine rings is 1. The summed E-state index contributed by atoms with van der Waals surface area (Å²) < 4.78 is 12.9. The molecule has 0 saturated carbocycles.